The fourth-order valence-corrected chi connectivity index (χ4v) is 5.73. The van der Waals surface area contributed by atoms with Crippen LogP contribution in [0.4, 0.5) is 0 Å². The van der Waals surface area contributed by atoms with Crippen LogP contribution in [0.1, 0.15) is 52.7 Å². The van der Waals surface area contributed by atoms with Gasteiger partial charge in [0.15, 0.2) is 0 Å². The number of rotatable bonds is 4. The summed E-state index contributed by atoms with van der Waals surface area (Å²) in [6, 6.07) is 2.05. The molecule has 1 aliphatic carbocycles. The van der Waals surface area contributed by atoms with Gasteiger partial charge in [0.1, 0.15) is 0 Å². The summed E-state index contributed by atoms with van der Waals surface area (Å²) in [5.41, 5.74) is 1.37. The Morgan fingerprint density at radius 3 is 2.67 bits per heavy atom. The van der Waals surface area contributed by atoms with E-state index in [4.69, 9.17) is 0 Å². The van der Waals surface area contributed by atoms with Crippen LogP contribution in [0.2, 0.25) is 0 Å². The first-order valence-electron chi connectivity index (χ1n) is 8.74. The summed E-state index contributed by atoms with van der Waals surface area (Å²) in [5.74, 6) is 0.869. The number of thiophene rings is 1. The molecule has 5 nitrogen and oxygen atoms in total. The molecule has 0 spiro atoms. The predicted octanol–water partition coefficient (Wildman–Crippen LogP) is 2.42. The SMILES string of the molecule is CC[C@@H]1CCc2sc(C(=O)N3CCC(NS(C)(=O)=O)CC3)cc2C1. The van der Waals surface area contributed by atoms with E-state index in [0.29, 0.717) is 25.9 Å². The maximum Gasteiger partial charge on any atom is 0.263 e. The molecule has 2 heterocycles. The van der Waals surface area contributed by atoms with Gasteiger partial charge in [-0.1, -0.05) is 13.3 Å². The maximum absolute atomic E-state index is 12.8. The summed E-state index contributed by atoms with van der Waals surface area (Å²) in [5, 5.41) is 0. The summed E-state index contributed by atoms with van der Waals surface area (Å²) in [7, 11) is -3.17. The minimum absolute atomic E-state index is 0.0501. The Morgan fingerprint density at radius 1 is 1.33 bits per heavy atom. The molecule has 134 valence electrons. The van der Waals surface area contributed by atoms with Crippen LogP contribution in [0.3, 0.4) is 0 Å². The smallest absolute Gasteiger partial charge is 0.263 e. The number of aryl methyl sites for hydroxylation is 1. The third-order valence-corrected chi connectivity index (χ3v) is 7.12. The zero-order valence-corrected chi connectivity index (χ0v) is 16.0. The van der Waals surface area contributed by atoms with Crippen molar-refractivity contribution < 1.29 is 13.2 Å². The molecule has 1 N–H and O–H groups in total. The lowest BCUT2D eigenvalue weighted by molar-refractivity contribution is 0.0716. The Balaban J connectivity index is 1.61. The molecule has 1 amide bonds. The van der Waals surface area contributed by atoms with Crippen LogP contribution in [0.25, 0.3) is 0 Å². The third kappa shape index (κ3) is 4.18. The minimum atomic E-state index is -3.17. The molecule has 0 unspecified atom stereocenters. The molecule has 1 fully saturated rings. The van der Waals surface area contributed by atoms with Crippen LogP contribution in [-0.4, -0.2) is 44.6 Å². The molecule has 0 bridgehead atoms. The summed E-state index contributed by atoms with van der Waals surface area (Å²) in [6.07, 6.45) is 7.20. The highest BCUT2D eigenvalue weighted by molar-refractivity contribution is 7.88. The van der Waals surface area contributed by atoms with Gasteiger partial charge >= 0.3 is 0 Å². The summed E-state index contributed by atoms with van der Waals surface area (Å²) < 4.78 is 25.3. The van der Waals surface area contributed by atoms with Gasteiger partial charge in [0, 0.05) is 24.0 Å². The summed E-state index contributed by atoms with van der Waals surface area (Å²) in [6.45, 7) is 3.47. The van der Waals surface area contributed by atoms with Crippen LogP contribution >= 0.6 is 11.3 Å². The second kappa shape index (κ2) is 7.14. The van der Waals surface area contributed by atoms with Gasteiger partial charge in [-0.15, -0.1) is 11.3 Å². The number of fused-ring (bicyclic) bond motifs is 1. The van der Waals surface area contributed by atoms with E-state index in [1.54, 1.807) is 11.3 Å². The Kier molecular flexibility index (Phi) is 5.32. The monoisotopic (exact) mass is 370 g/mol. The van der Waals surface area contributed by atoms with Crippen LogP contribution in [0.15, 0.2) is 6.07 Å². The maximum atomic E-state index is 12.8. The van der Waals surface area contributed by atoms with E-state index >= 15 is 0 Å². The first-order valence-corrected chi connectivity index (χ1v) is 11.4. The largest absolute Gasteiger partial charge is 0.338 e. The molecule has 1 aromatic heterocycles. The second-order valence-corrected chi connectivity index (χ2v) is 9.95. The quantitative estimate of drug-likeness (QED) is 0.885. The molecular weight excluding hydrogens is 344 g/mol. The number of amides is 1. The molecule has 1 aliphatic heterocycles. The van der Waals surface area contributed by atoms with Crippen molar-refractivity contribution in [1.29, 1.82) is 0 Å². The van der Waals surface area contributed by atoms with E-state index in [1.807, 2.05) is 4.90 Å². The molecule has 1 atom stereocenters. The Labute approximate surface area is 148 Å². The van der Waals surface area contributed by atoms with Crippen LogP contribution in [0.5, 0.6) is 0 Å². The lowest BCUT2D eigenvalue weighted by atomic mass is 9.87. The van der Waals surface area contributed by atoms with Crippen molar-refractivity contribution in [2.24, 2.45) is 5.92 Å². The summed E-state index contributed by atoms with van der Waals surface area (Å²) >= 11 is 1.66. The number of piperidine rings is 1. The van der Waals surface area contributed by atoms with Crippen LogP contribution in [-0.2, 0) is 22.9 Å². The van der Waals surface area contributed by atoms with Crippen molar-refractivity contribution >= 4 is 27.3 Å². The van der Waals surface area contributed by atoms with Crippen LogP contribution in [0, 0.1) is 5.92 Å². The van der Waals surface area contributed by atoms with Gasteiger partial charge in [-0.2, -0.15) is 0 Å². The Bertz CT molecular complexity index is 703. The highest BCUT2D eigenvalue weighted by atomic mass is 32.2. The Morgan fingerprint density at radius 2 is 2.04 bits per heavy atom. The molecule has 2 aliphatic rings. The molecule has 24 heavy (non-hydrogen) atoms. The third-order valence-electron chi connectivity index (χ3n) is 5.14. The lowest BCUT2D eigenvalue weighted by Crippen LogP contribution is -2.46. The van der Waals surface area contributed by atoms with Crippen molar-refractivity contribution in [3.63, 3.8) is 0 Å². The molecule has 0 aromatic carbocycles. The molecule has 1 saturated heterocycles. The molecule has 3 rings (SSSR count). The number of carbonyl (C=O) groups is 1. The van der Waals surface area contributed by atoms with Gasteiger partial charge in [-0.05, 0) is 49.7 Å². The van der Waals surface area contributed by atoms with Gasteiger partial charge in [0.2, 0.25) is 10.0 Å². The van der Waals surface area contributed by atoms with Crippen molar-refractivity contribution in [3.05, 3.63) is 21.4 Å². The van der Waals surface area contributed by atoms with Crippen LogP contribution < -0.4 is 4.72 Å². The van der Waals surface area contributed by atoms with Gasteiger partial charge in [-0.25, -0.2) is 13.1 Å². The fraction of sp³-hybridized carbons (Fsp3) is 0.706. The fourth-order valence-electron chi connectivity index (χ4n) is 3.71. The molecule has 1 aromatic rings. The Hall–Kier alpha value is -0.920. The van der Waals surface area contributed by atoms with Gasteiger partial charge in [-0.3, -0.25) is 4.79 Å². The van der Waals surface area contributed by atoms with Gasteiger partial charge in [0.05, 0.1) is 11.1 Å². The van der Waals surface area contributed by atoms with Crippen molar-refractivity contribution in [2.75, 3.05) is 19.3 Å². The topological polar surface area (TPSA) is 66.5 Å². The van der Waals surface area contributed by atoms with E-state index in [2.05, 4.69) is 17.7 Å². The van der Waals surface area contributed by atoms with E-state index in [0.717, 1.165) is 23.6 Å². The van der Waals surface area contributed by atoms with E-state index in [9.17, 15) is 13.2 Å². The van der Waals surface area contributed by atoms with E-state index in [1.165, 1.54) is 29.5 Å². The first-order chi connectivity index (χ1) is 11.4. The molecular formula is C17H26N2O3S2. The van der Waals surface area contributed by atoms with Crippen molar-refractivity contribution in [1.82, 2.24) is 9.62 Å². The number of hydrogen-bond donors (Lipinski definition) is 1. The van der Waals surface area contributed by atoms with Crippen molar-refractivity contribution in [2.45, 2.75) is 51.5 Å². The summed E-state index contributed by atoms with van der Waals surface area (Å²) in [4.78, 5) is 16.9. The lowest BCUT2D eigenvalue weighted by Gasteiger charge is -2.31. The van der Waals surface area contributed by atoms with E-state index in [-0.39, 0.29) is 11.9 Å². The number of nitrogens with one attached hydrogen (secondary N) is 1. The number of hydrogen-bond acceptors (Lipinski definition) is 4. The number of sulfonamides is 1. The average molecular weight is 371 g/mol. The predicted molar refractivity (Wildman–Crippen MR) is 97.0 cm³/mol. The first kappa shape index (κ1) is 17.9. The second-order valence-electron chi connectivity index (χ2n) is 7.03. The number of carbonyl (C=O) groups excluding carboxylic acids is 1. The zero-order chi connectivity index (χ0) is 17.3. The standard InChI is InChI=1S/C17H26N2O3S2/c1-3-12-4-5-15-13(10-12)11-16(23-15)17(20)19-8-6-14(7-9-19)18-24(2,21)22/h11-12,14,18H,3-10H2,1-2H3/t12-/m1/s1. The minimum Gasteiger partial charge on any atom is -0.338 e. The highest BCUT2D eigenvalue weighted by Gasteiger charge is 2.28. The molecule has 0 saturated carbocycles. The number of likely N-dealkylation sites (tertiary alicyclic amines) is 1. The normalized spacial score (nSPS) is 22.4. The number of nitrogens with zero attached hydrogens (tertiary/aromatic N) is 1. The molecule has 0 radical (unpaired) electrons. The van der Waals surface area contributed by atoms with Crippen molar-refractivity contribution in [3.8, 4) is 0 Å². The zero-order valence-electron chi connectivity index (χ0n) is 14.4. The van der Waals surface area contributed by atoms with Gasteiger partial charge in [0.25, 0.3) is 5.91 Å². The van der Waals surface area contributed by atoms with E-state index < -0.39 is 10.0 Å². The highest BCUT2D eigenvalue weighted by Crippen LogP contribution is 2.34. The van der Waals surface area contributed by atoms with Gasteiger partial charge < -0.3 is 4.90 Å². The molecule has 7 heteroatoms. The average Bonchev–Trinajstić information content (AvgIpc) is 2.96.